The molecule has 5 nitrogen and oxygen atoms in total. The lowest BCUT2D eigenvalue weighted by atomic mass is 9.89. The Morgan fingerprint density at radius 1 is 1.41 bits per heavy atom. The molecular formula is C12H19NO4. The molecule has 0 aromatic rings. The zero-order chi connectivity index (χ0) is 12.8. The first-order valence-corrected chi connectivity index (χ1v) is 5.97. The van der Waals surface area contributed by atoms with Gasteiger partial charge in [-0.3, -0.25) is 9.59 Å². The molecular weight excluding hydrogens is 222 g/mol. The second kappa shape index (κ2) is 3.70. The highest BCUT2D eigenvalue weighted by Gasteiger charge is 2.68. The van der Waals surface area contributed by atoms with Crippen LogP contribution < -0.4 is 5.32 Å². The smallest absolute Gasteiger partial charge is 0.324 e. The summed E-state index contributed by atoms with van der Waals surface area (Å²) in [5.74, 6) is -1.20. The average Bonchev–Trinajstić information content (AvgIpc) is 2.88. The Hall–Kier alpha value is -1.10. The van der Waals surface area contributed by atoms with Gasteiger partial charge in [-0.05, 0) is 46.1 Å². The molecule has 1 aliphatic carbocycles. The highest BCUT2D eigenvalue weighted by molar-refractivity contribution is 5.90. The zero-order valence-corrected chi connectivity index (χ0v) is 10.4. The molecule has 0 aromatic heterocycles. The molecule has 2 rings (SSSR count). The van der Waals surface area contributed by atoms with Gasteiger partial charge < -0.3 is 15.2 Å². The number of carbonyl (C=O) groups is 2. The van der Waals surface area contributed by atoms with E-state index < -0.39 is 29.0 Å². The van der Waals surface area contributed by atoms with Gasteiger partial charge in [0.25, 0.3) is 0 Å². The fraction of sp³-hybridized carbons (Fsp3) is 0.833. The molecule has 3 unspecified atom stereocenters. The van der Waals surface area contributed by atoms with Crippen molar-refractivity contribution >= 4 is 11.9 Å². The number of esters is 1. The van der Waals surface area contributed by atoms with Gasteiger partial charge in [-0.1, -0.05) is 0 Å². The second-order valence-corrected chi connectivity index (χ2v) is 5.96. The van der Waals surface area contributed by atoms with Crippen LogP contribution in [0.15, 0.2) is 0 Å². The number of hydrogen-bond donors (Lipinski definition) is 2. The maximum absolute atomic E-state index is 12.0. The topological polar surface area (TPSA) is 75.6 Å². The van der Waals surface area contributed by atoms with Crippen LogP contribution in [0.2, 0.25) is 0 Å². The van der Waals surface area contributed by atoms with Crippen molar-refractivity contribution in [1.82, 2.24) is 5.32 Å². The average molecular weight is 241 g/mol. The quantitative estimate of drug-likeness (QED) is 0.699. The minimum Gasteiger partial charge on any atom is -0.481 e. The van der Waals surface area contributed by atoms with Gasteiger partial charge >= 0.3 is 11.9 Å². The fourth-order valence-electron chi connectivity index (χ4n) is 2.69. The van der Waals surface area contributed by atoms with Crippen LogP contribution in [0.1, 0.15) is 33.6 Å². The van der Waals surface area contributed by atoms with Crippen LogP contribution in [-0.2, 0) is 14.3 Å². The van der Waals surface area contributed by atoms with Crippen molar-refractivity contribution in [3.05, 3.63) is 0 Å². The van der Waals surface area contributed by atoms with E-state index in [0.29, 0.717) is 13.0 Å². The third-order valence-electron chi connectivity index (χ3n) is 3.55. The van der Waals surface area contributed by atoms with Crippen molar-refractivity contribution in [3.8, 4) is 0 Å². The molecule has 1 saturated carbocycles. The lowest BCUT2D eigenvalue weighted by molar-refractivity contribution is -0.165. The van der Waals surface area contributed by atoms with Gasteiger partial charge in [0.2, 0.25) is 0 Å². The van der Waals surface area contributed by atoms with E-state index in [1.165, 1.54) is 0 Å². The number of piperidine rings is 1. The van der Waals surface area contributed by atoms with Crippen molar-refractivity contribution in [2.24, 2.45) is 11.3 Å². The monoisotopic (exact) mass is 241 g/mol. The molecule has 96 valence electrons. The Morgan fingerprint density at radius 2 is 2.06 bits per heavy atom. The number of aliphatic carboxylic acids is 1. The first kappa shape index (κ1) is 12.4. The zero-order valence-electron chi connectivity index (χ0n) is 10.4. The highest BCUT2D eigenvalue weighted by Crippen LogP contribution is 2.59. The molecule has 5 heteroatoms. The number of nitrogens with one attached hydrogen (secondary N) is 1. The molecule has 17 heavy (non-hydrogen) atoms. The van der Waals surface area contributed by atoms with Crippen LogP contribution in [0.25, 0.3) is 0 Å². The number of ether oxygens (including phenoxy) is 1. The summed E-state index contributed by atoms with van der Waals surface area (Å²) in [6, 6.07) is -0.696. The molecule has 2 aliphatic rings. The molecule has 3 atom stereocenters. The van der Waals surface area contributed by atoms with E-state index in [2.05, 4.69) is 5.32 Å². The molecule has 1 aliphatic heterocycles. The molecule has 1 saturated heterocycles. The van der Waals surface area contributed by atoms with E-state index in [9.17, 15) is 14.7 Å². The Kier molecular flexibility index (Phi) is 2.69. The van der Waals surface area contributed by atoms with Crippen LogP contribution >= 0.6 is 0 Å². The summed E-state index contributed by atoms with van der Waals surface area (Å²) in [6.45, 7) is 6.03. The van der Waals surface area contributed by atoms with Gasteiger partial charge in [0.15, 0.2) is 0 Å². The van der Waals surface area contributed by atoms with E-state index in [-0.39, 0.29) is 5.92 Å². The molecule has 2 fully saturated rings. The molecule has 1 heterocycles. The lowest BCUT2D eigenvalue weighted by Gasteiger charge is -2.31. The molecule has 2 N–H and O–H groups in total. The fourth-order valence-corrected chi connectivity index (χ4v) is 2.69. The van der Waals surface area contributed by atoms with E-state index in [1.807, 2.05) is 0 Å². The molecule has 0 bridgehead atoms. The van der Waals surface area contributed by atoms with Crippen molar-refractivity contribution in [3.63, 3.8) is 0 Å². The number of carbonyl (C=O) groups excluding carboxylic acids is 1. The summed E-state index contributed by atoms with van der Waals surface area (Å²) in [6.07, 6.45) is 1.41. The lowest BCUT2D eigenvalue weighted by Crippen LogP contribution is -2.53. The summed E-state index contributed by atoms with van der Waals surface area (Å²) in [5, 5.41) is 12.3. The van der Waals surface area contributed by atoms with E-state index in [0.717, 1.165) is 6.42 Å². The predicted octanol–water partition coefficient (Wildman–Crippen LogP) is 0.781. The van der Waals surface area contributed by atoms with Crippen molar-refractivity contribution in [2.45, 2.75) is 45.3 Å². The standard InChI is InChI=1S/C12H19NO4/c1-11(2,3)17-9(14)8-12(10(15)16)6-7(12)4-5-13-8/h7-8,13H,4-6H2,1-3H3,(H,15,16). The van der Waals surface area contributed by atoms with Crippen LogP contribution in [0.4, 0.5) is 0 Å². The van der Waals surface area contributed by atoms with Crippen LogP contribution in [0.5, 0.6) is 0 Å². The SMILES string of the molecule is CC(C)(C)OC(=O)C1NCCC2CC21C(=O)O. The second-order valence-electron chi connectivity index (χ2n) is 5.96. The largest absolute Gasteiger partial charge is 0.481 e. The van der Waals surface area contributed by atoms with E-state index in [1.54, 1.807) is 20.8 Å². The number of hydrogen-bond acceptors (Lipinski definition) is 4. The molecule has 0 amide bonds. The maximum Gasteiger partial charge on any atom is 0.324 e. The first-order valence-electron chi connectivity index (χ1n) is 5.97. The van der Waals surface area contributed by atoms with Crippen LogP contribution in [0.3, 0.4) is 0 Å². The molecule has 0 spiro atoms. The minimum absolute atomic E-state index is 0.124. The van der Waals surface area contributed by atoms with Gasteiger partial charge in [0, 0.05) is 0 Å². The maximum atomic E-state index is 12.0. The normalized spacial score (nSPS) is 35.9. The van der Waals surface area contributed by atoms with E-state index in [4.69, 9.17) is 4.74 Å². The van der Waals surface area contributed by atoms with Crippen LogP contribution in [0, 0.1) is 11.3 Å². The Labute approximate surface area is 101 Å². The summed E-state index contributed by atoms with van der Waals surface area (Å²) >= 11 is 0. The Balaban J connectivity index is 2.14. The minimum atomic E-state index is -0.916. The third-order valence-corrected chi connectivity index (χ3v) is 3.55. The third kappa shape index (κ3) is 2.04. The predicted molar refractivity (Wildman–Crippen MR) is 60.4 cm³/mol. The van der Waals surface area contributed by atoms with Crippen LogP contribution in [-0.4, -0.2) is 35.2 Å². The highest BCUT2D eigenvalue weighted by atomic mass is 16.6. The summed E-state index contributed by atoms with van der Waals surface area (Å²) in [7, 11) is 0. The first-order chi connectivity index (χ1) is 7.77. The van der Waals surface area contributed by atoms with Gasteiger partial charge in [-0.15, -0.1) is 0 Å². The van der Waals surface area contributed by atoms with Gasteiger partial charge in [0.1, 0.15) is 11.6 Å². The van der Waals surface area contributed by atoms with Gasteiger partial charge in [-0.25, -0.2) is 0 Å². The van der Waals surface area contributed by atoms with Gasteiger partial charge in [-0.2, -0.15) is 0 Å². The van der Waals surface area contributed by atoms with E-state index >= 15 is 0 Å². The Morgan fingerprint density at radius 3 is 2.59 bits per heavy atom. The summed E-state index contributed by atoms with van der Waals surface area (Å²) in [4.78, 5) is 23.4. The van der Waals surface area contributed by atoms with Crippen molar-refractivity contribution in [1.29, 1.82) is 0 Å². The van der Waals surface area contributed by atoms with Gasteiger partial charge in [0.05, 0.1) is 5.41 Å². The number of fused-ring (bicyclic) bond motifs is 1. The number of rotatable bonds is 2. The van der Waals surface area contributed by atoms with Crippen molar-refractivity contribution in [2.75, 3.05) is 6.54 Å². The molecule has 0 aromatic carbocycles. The number of carboxylic acid groups (broad SMARTS) is 1. The number of carboxylic acids is 1. The molecule has 0 radical (unpaired) electrons. The van der Waals surface area contributed by atoms with Crippen molar-refractivity contribution < 1.29 is 19.4 Å². The summed E-state index contributed by atoms with van der Waals surface area (Å²) in [5.41, 5.74) is -1.50. The Bertz CT molecular complexity index is 360. The summed E-state index contributed by atoms with van der Waals surface area (Å²) < 4.78 is 5.28.